The minimum Gasteiger partial charge on any atom is -0.329 e. The number of hydrogen-bond donors (Lipinski definition) is 1. The Hall–Kier alpha value is -0.640. The molecule has 86 valence electrons. The number of nitriles is 1. The SMILES string of the molecule is CC1CCCC(CN)N1S(=O)(=O)CC#N. The van der Waals surface area contributed by atoms with Crippen molar-refractivity contribution in [3.8, 4) is 6.07 Å². The number of nitrogens with zero attached hydrogens (tertiary/aromatic N) is 2. The van der Waals surface area contributed by atoms with Gasteiger partial charge in [-0.2, -0.15) is 9.57 Å². The standard InChI is InChI=1S/C9H17N3O2S/c1-8-3-2-4-9(7-11)12(8)15(13,14)6-5-10/h8-9H,2-4,6-7,11H2,1H3. The van der Waals surface area contributed by atoms with Gasteiger partial charge in [-0.25, -0.2) is 8.42 Å². The van der Waals surface area contributed by atoms with E-state index in [1.165, 1.54) is 4.31 Å². The van der Waals surface area contributed by atoms with E-state index in [1.54, 1.807) is 6.07 Å². The Balaban J connectivity index is 2.92. The smallest absolute Gasteiger partial charge is 0.228 e. The van der Waals surface area contributed by atoms with Crippen LogP contribution in [0.2, 0.25) is 0 Å². The van der Waals surface area contributed by atoms with Crippen LogP contribution in [0.5, 0.6) is 0 Å². The summed E-state index contributed by atoms with van der Waals surface area (Å²) in [7, 11) is -3.45. The van der Waals surface area contributed by atoms with Crippen LogP contribution in [0.1, 0.15) is 26.2 Å². The lowest BCUT2D eigenvalue weighted by molar-refractivity contribution is 0.196. The molecular formula is C9H17N3O2S. The summed E-state index contributed by atoms with van der Waals surface area (Å²) in [6.45, 7) is 2.20. The van der Waals surface area contributed by atoms with Crippen LogP contribution < -0.4 is 5.73 Å². The molecule has 0 aromatic carbocycles. The van der Waals surface area contributed by atoms with Crippen molar-refractivity contribution in [3.63, 3.8) is 0 Å². The fraction of sp³-hybridized carbons (Fsp3) is 0.889. The molecule has 1 aliphatic rings. The van der Waals surface area contributed by atoms with Gasteiger partial charge in [-0.15, -0.1) is 0 Å². The fourth-order valence-corrected chi connectivity index (χ4v) is 3.75. The van der Waals surface area contributed by atoms with E-state index in [4.69, 9.17) is 11.0 Å². The van der Waals surface area contributed by atoms with Gasteiger partial charge >= 0.3 is 0 Å². The Morgan fingerprint density at radius 2 is 2.20 bits per heavy atom. The van der Waals surface area contributed by atoms with Crippen LogP contribution in [-0.2, 0) is 10.0 Å². The molecule has 1 saturated heterocycles. The molecule has 15 heavy (non-hydrogen) atoms. The average Bonchev–Trinajstić information content (AvgIpc) is 2.16. The van der Waals surface area contributed by atoms with Gasteiger partial charge < -0.3 is 5.73 Å². The summed E-state index contributed by atoms with van der Waals surface area (Å²) in [6.07, 6.45) is 2.65. The molecule has 1 fully saturated rings. The number of nitrogens with two attached hydrogens (primary N) is 1. The van der Waals surface area contributed by atoms with E-state index in [2.05, 4.69) is 0 Å². The predicted molar refractivity (Wildman–Crippen MR) is 57.4 cm³/mol. The lowest BCUT2D eigenvalue weighted by atomic mass is 10.00. The van der Waals surface area contributed by atoms with Crippen molar-refractivity contribution in [1.82, 2.24) is 4.31 Å². The van der Waals surface area contributed by atoms with Crippen LogP contribution in [0.4, 0.5) is 0 Å². The van der Waals surface area contributed by atoms with Crippen molar-refractivity contribution in [2.75, 3.05) is 12.3 Å². The topological polar surface area (TPSA) is 87.2 Å². The number of rotatable bonds is 3. The summed E-state index contributed by atoms with van der Waals surface area (Å²) in [6, 6.07) is 1.53. The van der Waals surface area contributed by atoms with E-state index < -0.39 is 15.8 Å². The molecule has 0 aliphatic carbocycles. The predicted octanol–water partition coefficient (Wildman–Crippen LogP) is 0.0415. The normalized spacial score (nSPS) is 28.6. The van der Waals surface area contributed by atoms with Crippen molar-refractivity contribution in [3.05, 3.63) is 0 Å². The molecule has 2 unspecified atom stereocenters. The maximum absolute atomic E-state index is 11.8. The monoisotopic (exact) mass is 231 g/mol. The van der Waals surface area contributed by atoms with E-state index in [-0.39, 0.29) is 12.1 Å². The molecule has 0 aromatic heterocycles. The van der Waals surface area contributed by atoms with Crippen molar-refractivity contribution in [2.24, 2.45) is 5.73 Å². The maximum atomic E-state index is 11.8. The first-order valence-electron chi connectivity index (χ1n) is 5.11. The summed E-state index contributed by atoms with van der Waals surface area (Å²) in [5.74, 6) is -0.451. The summed E-state index contributed by atoms with van der Waals surface area (Å²) < 4.78 is 25.1. The first-order chi connectivity index (χ1) is 7.03. The van der Waals surface area contributed by atoms with Gasteiger partial charge in [0.15, 0.2) is 5.75 Å². The van der Waals surface area contributed by atoms with Gasteiger partial charge in [0.05, 0.1) is 6.07 Å². The third-order valence-corrected chi connectivity index (χ3v) is 4.59. The molecule has 6 heteroatoms. The van der Waals surface area contributed by atoms with E-state index in [9.17, 15) is 8.42 Å². The lowest BCUT2D eigenvalue weighted by Gasteiger charge is -2.38. The molecule has 0 aromatic rings. The number of hydrogen-bond acceptors (Lipinski definition) is 4. The largest absolute Gasteiger partial charge is 0.329 e. The van der Waals surface area contributed by atoms with Crippen molar-refractivity contribution in [1.29, 1.82) is 5.26 Å². The molecule has 0 spiro atoms. The summed E-state index contributed by atoms with van der Waals surface area (Å²) >= 11 is 0. The summed E-state index contributed by atoms with van der Waals surface area (Å²) in [4.78, 5) is 0. The Bertz CT molecular complexity index is 347. The molecule has 2 N–H and O–H groups in total. The van der Waals surface area contributed by atoms with E-state index in [1.807, 2.05) is 6.92 Å². The third kappa shape index (κ3) is 2.68. The zero-order valence-corrected chi connectivity index (χ0v) is 9.70. The van der Waals surface area contributed by atoms with Crippen LogP contribution >= 0.6 is 0 Å². The van der Waals surface area contributed by atoms with E-state index in [0.29, 0.717) is 6.54 Å². The molecule has 5 nitrogen and oxygen atoms in total. The summed E-state index contributed by atoms with van der Waals surface area (Å²) in [5, 5.41) is 8.49. The van der Waals surface area contributed by atoms with Crippen LogP contribution in [0.25, 0.3) is 0 Å². The van der Waals surface area contributed by atoms with Crippen molar-refractivity contribution < 1.29 is 8.42 Å². The van der Waals surface area contributed by atoms with Gasteiger partial charge in [0, 0.05) is 18.6 Å². The van der Waals surface area contributed by atoms with Gasteiger partial charge in [-0.3, -0.25) is 0 Å². The number of piperidine rings is 1. The van der Waals surface area contributed by atoms with Crippen LogP contribution in [-0.4, -0.2) is 37.1 Å². The van der Waals surface area contributed by atoms with Crippen LogP contribution in [0.3, 0.4) is 0 Å². The first-order valence-corrected chi connectivity index (χ1v) is 6.72. The second-order valence-corrected chi connectivity index (χ2v) is 5.79. The van der Waals surface area contributed by atoms with Gasteiger partial charge in [-0.05, 0) is 19.8 Å². The third-order valence-electron chi connectivity index (χ3n) is 2.79. The van der Waals surface area contributed by atoms with Gasteiger partial charge in [0.1, 0.15) is 0 Å². The molecule has 2 atom stereocenters. The lowest BCUT2D eigenvalue weighted by Crippen LogP contribution is -2.52. The Kier molecular flexibility index (Phi) is 4.08. The Labute approximate surface area is 90.9 Å². The highest BCUT2D eigenvalue weighted by Gasteiger charge is 2.35. The zero-order valence-electron chi connectivity index (χ0n) is 8.89. The minimum atomic E-state index is -3.45. The summed E-state index contributed by atoms with van der Waals surface area (Å²) in [5.41, 5.74) is 5.56. The number of sulfonamides is 1. The van der Waals surface area contributed by atoms with Gasteiger partial charge in [0.2, 0.25) is 10.0 Å². The van der Waals surface area contributed by atoms with E-state index in [0.717, 1.165) is 19.3 Å². The Morgan fingerprint density at radius 3 is 2.73 bits per heavy atom. The average molecular weight is 231 g/mol. The molecule has 1 rings (SSSR count). The highest BCUT2D eigenvalue weighted by Crippen LogP contribution is 2.25. The molecule has 1 aliphatic heterocycles. The van der Waals surface area contributed by atoms with Crippen molar-refractivity contribution >= 4 is 10.0 Å². The van der Waals surface area contributed by atoms with Gasteiger partial charge in [-0.1, -0.05) is 6.42 Å². The first kappa shape index (κ1) is 12.4. The van der Waals surface area contributed by atoms with E-state index >= 15 is 0 Å². The second-order valence-electron chi connectivity index (χ2n) is 3.91. The highest BCUT2D eigenvalue weighted by molar-refractivity contribution is 7.89. The molecule has 0 radical (unpaired) electrons. The second kappa shape index (κ2) is 4.92. The quantitative estimate of drug-likeness (QED) is 0.743. The molecule has 0 bridgehead atoms. The molecule has 0 amide bonds. The maximum Gasteiger partial charge on any atom is 0.228 e. The van der Waals surface area contributed by atoms with Gasteiger partial charge in [0.25, 0.3) is 0 Å². The zero-order chi connectivity index (χ0) is 11.5. The minimum absolute atomic E-state index is 0.0364. The molecule has 1 heterocycles. The molecular weight excluding hydrogens is 214 g/mol. The van der Waals surface area contributed by atoms with Crippen LogP contribution in [0, 0.1) is 11.3 Å². The van der Waals surface area contributed by atoms with Crippen molar-refractivity contribution in [2.45, 2.75) is 38.3 Å². The Morgan fingerprint density at radius 1 is 1.53 bits per heavy atom. The van der Waals surface area contributed by atoms with Crippen LogP contribution in [0.15, 0.2) is 0 Å². The highest BCUT2D eigenvalue weighted by atomic mass is 32.2. The fourth-order valence-electron chi connectivity index (χ4n) is 2.14. The molecule has 0 saturated carbocycles.